The van der Waals surface area contributed by atoms with Crippen molar-refractivity contribution in [2.75, 3.05) is 13.1 Å². The predicted molar refractivity (Wildman–Crippen MR) is 126 cm³/mol. The number of carbonyl (C=O) groups excluding carboxylic acids is 3. The summed E-state index contributed by atoms with van der Waals surface area (Å²) in [5.41, 5.74) is 0.346. The van der Waals surface area contributed by atoms with Gasteiger partial charge in [-0.15, -0.1) is 13.0 Å². The van der Waals surface area contributed by atoms with Gasteiger partial charge in [-0.05, 0) is 45.7 Å². The standard InChI is InChI=1S/C25H35N3O4/c1-8-13-18(4)27-23(30)22(20-15-12-11-14-19(20)10-3)28(16-9-2)21(29)17-26-24(31)32-25(5,6)7/h3,9,11-12,14-15,18,22H,2,8,13,16-17H2,1,4-7H3,(H,26,31)(H,27,30). The number of carbonyl (C=O) groups is 3. The monoisotopic (exact) mass is 441 g/mol. The van der Waals surface area contributed by atoms with E-state index in [1.807, 2.05) is 13.8 Å². The summed E-state index contributed by atoms with van der Waals surface area (Å²) in [5, 5.41) is 5.43. The van der Waals surface area contributed by atoms with Crippen molar-refractivity contribution in [1.82, 2.24) is 15.5 Å². The molecule has 7 heteroatoms. The van der Waals surface area contributed by atoms with E-state index in [2.05, 4.69) is 23.1 Å². The summed E-state index contributed by atoms with van der Waals surface area (Å²) in [5.74, 6) is 1.77. The molecule has 0 fully saturated rings. The molecule has 7 nitrogen and oxygen atoms in total. The summed E-state index contributed by atoms with van der Waals surface area (Å²) in [6.07, 6.45) is 8.18. The summed E-state index contributed by atoms with van der Waals surface area (Å²) in [6, 6.07) is 5.94. The maximum atomic E-state index is 13.3. The van der Waals surface area contributed by atoms with Crippen molar-refractivity contribution < 1.29 is 19.1 Å². The highest BCUT2D eigenvalue weighted by molar-refractivity contribution is 5.91. The molecule has 0 heterocycles. The molecule has 0 bridgehead atoms. The second-order valence-electron chi connectivity index (χ2n) is 8.52. The van der Waals surface area contributed by atoms with Crippen LogP contribution in [-0.4, -0.2) is 47.5 Å². The van der Waals surface area contributed by atoms with E-state index in [0.717, 1.165) is 12.8 Å². The highest BCUT2D eigenvalue weighted by Crippen LogP contribution is 2.25. The molecule has 32 heavy (non-hydrogen) atoms. The zero-order valence-corrected chi connectivity index (χ0v) is 19.7. The Bertz CT molecular complexity index is 851. The van der Waals surface area contributed by atoms with Crippen molar-refractivity contribution in [2.24, 2.45) is 0 Å². The summed E-state index contributed by atoms with van der Waals surface area (Å²) < 4.78 is 5.19. The number of hydrogen-bond donors (Lipinski definition) is 2. The topological polar surface area (TPSA) is 87.7 Å². The molecule has 2 N–H and O–H groups in total. The van der Waals surface area contributed by atoms with Crippen molar-refractivity contribution in [3.63, 3.8) is 0 Å². The first-order valence-corrected chi connectivity index (χ1v) is 10.8. The smallest absolute Gasteiger partial charge is 0.408 e. The molecule has 0 aliphatic carbocycles. The largest absolute Gasteiger partial charge is 0.444 e. The molecular weight excluding hydrogens is 406 g/mol. The zero-order chi connectivity index (χ0) is 24.3. The summed E-state index contributed by atoms with van der Waals surface area (Å²) in [7, 11) is 0. The van der Waals surface area contributed by atoms with Crippen LogP contribution in [0.2, 0.25) is 0 Å². The number of terminal acetylenes is 1. The number of amides is 3. The average Bonchev–Trinajstić information content (AvgIpc) is 2.70. The maximum Gasteiger partial charge on any atom is 0.408 e. The van der Waals surface area contributed by atoms with Gasteiger partial charge < -0.3 is 20.3 Å². The van der Waals surface area contributed by atoms with Gasteiger partial charge in [0.2, 0.25) is 11.8 Å². The quantitative estimate of drug-likeness (QED) is 0.429. The zero-order valence-electron chi connectivity index (χ0n) is 19.7. The van der Waals surface area contributed by atoms with Gasteiger partial charge in [0, 0.05) is 18.2 Å². The summed E-state index contributed by atoms with van der Waals surface area (Å²) in [4.78, 5) is 39.8. The van der Waals surface area contributed by atoms with Gasteiger partial charge in [0.15, 0.2) is 0 Å². The van der Waals surface area contributed by atoms with Crippen LogP contribution in [0.1, 0.15) is 64.6 Å². The Balaban J connectivity index is 3.25. The van der Waals surface area contributed by atoms with Gasteiger partial charge in [-0.1, -0.05) is 43.5 Å². The van der Waals surface area contributed by atoms with Gasteiger partial charge in [0.1, 0.15) is 18.2 Å². The van der Waals surface area contributed by atoms with Crippen LogP contribution in [0.5, 0.6) is 0 Å². The van der Waals surface area contributed by atoms with Gasteiger partial charge in [-0.25, -0.2) is 4.79 Å². The Morgan fingerprint density at radius 1 is 1.28 bits per heavy atom. The Morgan fingerprint density at radius 2 is 1.94 bits per heavy atom. The van der Waals surface area contributed by atoms with E-state index in [1.165, 1.54) is 11.0 Å². The number of rotatable bonds is 10. The minimum absolute atomic E-state index is 0.0754. The van der Waals surface area contributed by atoms with E-state index in [4.69, 9.17) is 11.2 Å². The van der Waals surface area contributed by atoms with E-state index < -0.39 is 23.6 Å². The fraction of sp³-hybridized carbons (Fsp3) is 0.480. The second-order valence-corrected chi connectivity index (χ2v) is 8.52. The van der Waals surface area contributed by atoms with Crippen molar-refractivity contribution >= 4 is 17.9 Å². The molecule has 2 unspecified atom stereocenters. The first-order chi connectivity index (χ1) is 15.0. The van der Waals surface area contributed by atoms with E-state index in [1.54, 1.807) is 45.0 Å². The third kappa shape index (κ3) is 8.46. The van der Waals surface area contributed by atoms with Crippen LogP contribution in [0, 0.1) is 12.3 Å². The van der Waals surface area contributed by atoms with E-state index in [-0.39, 0.29) is 25.0 Å². The molecule has 1 aromatic carbocycles. The van der Waals surface area contributed by atoms with Crippen molar-refractivity contribution in [3.8, 4) is 12.3 Å². The van der Waals surface area contributed by atoms with Crippen LogP contribution in [-0.2, 0) is 14.3 Å². The second kappa shape index (κ2) is 12.6. The molecule has 0 aliphatic heterocycles. The average molecular weight is 442 g/mol. The van der Waals surface area contributed by atoms with Crippen molar-refractivity contribution in [3.05, 3.63) is 48.0 Å². The summed E-state index contributed by atoms with van der Waals surface area (Å²) in [6.45, 7) is 12.6. The summed E-state index contributed by atoms with van der Waals surface area (Å²) >= 11 is 0. The molecule has 1 rings (SSSR count). The van der Waals surface area contributed by atoms with Crippen LogP contribution < -0.4 is 10.6 Å². The first-order valence-electron chi connectivity index (χ1n) is 10.8. The van der Waals surface area contributed by atoms with Crippen LogP contribution in [0.15, 0.2) is 36.9 Å². The first kappa shape index (κ1) is 26.8. The molecule has 2 atom stereocenters. The van der Waals surface area contributed by atoms with Crippen molar-refractivity contribution in [1.29, 1.82) is 0 Å². The molecule has 0 aromatic heterocycles. The Morgan fingerprint density at radius 3 is 2.50 bits per heavy atom. The molecule has 0 saturated carbocycles. The molecule has 0 saturated heterocycles. The van der Waals surface area contributed by atoms with Gasteiger partial charge in [0.25, 0.3) is 0 Å². The lowest BCUT2D eigenvalue weighted by Crippen LogP contribution is -2.49. The third-order valence-corrected chi connectivity index (χ3v) is 4.51. The van der Waals surface area contributed by atoms with E-state index in [9.17, 15) is 14.4 Å². The number of hydrogen-bond acceptors (Lipinski definition) is 4. The lowest BCUT2D eigenvalue weighted by atomic mass is 9.97. The predicted octanol–water partition coefficient (Wildman–Crippen LogP) is 3.55. The number of nitrogens with one attached hydrogen (secondary N) is 2. The molecular formula is C25H35N3O4. The number of alkyl carbamates (subject to hydrolysis) is 1. The fourth-order valence-electron chi connectivity index (χ4n) is 3.20. The van der Waals surface area contributed by atoms with E-state index >= 15 is 0 Å². The Kier molecular flexibility index (Phi) is 10.5. The lowest BCUT2D eigenvalue weighted by molar-refractivity contribution is -0.139. The van der Waals surface area contributed by atoms with Crippen LogP contribution in [0.3, 0.4) is 0 Å². The highest BCUT2D eigenvalue weighted by atomic mass is 16.6. The number of benzene rings is 1. The molecule has 0 radical (unpaired) electrons. The van der Waals surface area contributed by atoms with Gasteiger partial charge in [0.05, 0.1) is 0 Å². The fourth-order valence-corrected chi connectivity index (χ4v) is 3.20. The normalized spacial score (nSPS) is 12.6. The Hall–Kier alpha value is -3.27. The molecule has 0 spiro atoms. The lowest BCUT2D eigenvalue weighted by Gasteiger charge is -2.32. The molecule has 3 amide bonds. The molecule has 0 aliphatic rings. The minimum Gasteiger partial charge on any atom is -0.444 e. The molecule has 174 valence electrons. The van der Waals surface area contributed by atoms with Gasteiger partial charge in [-0.3, -0.25) is 9.59 Å². The number of nitrogens with zero attached hydrogens (tertiary/aromatic N) is 1. The third-order valence-electron chi connectivity index (χ3n) is 4.51. The number of ether oxygens (including phenoxy) is 1. The van der Waals surface area contributed by atoms with Gasteiger partial charge >= 0.3 is 6.09 Å². The maximum absolute atomic E-state index is 13.3. The Labute approximate surface area is 191 Å². The van der Waals surface area contributed by atoms with Gasteiger partial charge in [-0.2, -0.15) is 0 Å². The van der Waals surface area contributed by atoms with Crippen LogP contribution in [0.25, 0.3) is 0 Å². The highest BCUT2D eigenvalue weighted by Gasteiger charge is 2.33. The van der Waals surface area contributed by atoms with Crippen molar-refractivity contribution in [2.45, 2.75) is 65.1 Å². The van der Waals surface area contributed by atoms with Crippen LogP contribution >= 0.6 is 0 Å². The minimum atomic E-state index is -0.979. The SMILES string of the molecule is C#Cc1ccccc1C(C(=O)NC(C)CCC)N(CC=C)C(=O)CNC(=O)OC(C)(C)C. The van der Waals surface area contributed by atoms with E-state index in [0.29, 0.717) is 11.1 Å². The molecule has 1 aromatic rings. The van der Waals surface area contributed by atoms with Crippen LogP contribution in [0.4, 0.5) is 4.79 Å².